The third kappa shape index (κ3) is 2.95. The Morgan fingerprint density at radius 2 is 2.17 bits per heavy atom. The Balaban J connectivity index is 2.24. The first kappa shape index (κ1) is 16.3. The quantitative estimate of drug-likeness (QED) is 0.867. The minimum absolute atomic E-state index is 0.154. The lowest BCUT2D eigenvalue weighted by Gasteiger charge is -2.27. The van der Waals surface area contributed by atoms with Crippen LogP contribution in [0.25, 0.3) is 11.0 Å². The average Bonchev–Trinajstić information content (AvgIpc) is 2.78. The highest BCUT2D eigenvalue weighted by Crippen LogP contribution is 2.32. The van der Waals surface area contributed by atoms with Crippen molar-refractivity contribution in [1.82, 2.24) is 9.55 Å². The van der Waals surface area contributed by atoms with Gasteiger partial charge in [-0.1, -0.05) is 20.8 Å². The van der Waals surface area contributed by atoms with Gasteiger partial charge in [0.25, 0.3) is 0 Å². The number of rotatable bonds is 4. The summed E-state index contributed by atoms with van der Waals surface area (Å²) in [6, 6.07) is 3.41. The Hall–Kier alpha value is -1.59. The van der Waals surface area contributed by atoms with Crippen LogP contribution in [-0.2, 0) is 22.6 Å². The molecule has 2 aromatic rings. The molecule has 3 rings (SSSR count). The molecule has 1 fully saturated rings. The SMILES string of the molecule is CC(C)(C)c1cc(C(=O)O)cc2c1nc(CCl)n2CC1CCO1. The van der Waals surface area contributed by atoms with Crippen LogP contribution in [0, 0.1) is 0 Å². The lowest BCUT2D eigenvalue weighted by atomic mass is 9.85. The lowest BCUT2D eigenvalue weighted by molar-refractivity contribution is -0.0589. The molecule has 1 saturated heterocycles. The predicted molar refractivity (Wildman–Crippen MR) is 89.3 cm³/mol. The molecule has 23 heavy (non-hydrogen) atoms. The van der Waals surface area contributed by atoms with Gasteiger partial charge >= 0.3 is 5.97 Å². The van der Waals surface area contributed by atoms with E-state index in [1.807, 2.05) is 4.57 Å². The highest BCUT2D eigenvalue weighted by atomic mass is 35.5. The number of halogens is 1. The van der Waals surface area contributed by atoms with Crippen LogP contribution in [0.15, 0.2) is 12.1 Å². The second kappa shape index (κ2) is 5.80. The van der Waals surface area contributed by atoms with Gasteiger partial charge in [-0.2, -0.15) is 0 Å². The first-order chi connectivity index (χ1) is 10.8. The van der Waals surface area contributed by atoms with Gasteiger partial charge in [-0.25, -0.2) is 9.78 Å². The summed E-state index contributed by atoms with van der Waals surface area (Å²) in [5, 5.41) is 9.45. The molecule has 1 unspecified atom stereocenters. The molecule has 0 amide bonds. The number of imidazole rings is 1. The van der Waals surface area contributed by atoms with Gasteiger partial charge in [-0.3, -0.25) is 0 Å². The molecular formula is C17H21ClN2O3. The highest BCUT2D eigenvalue weighted by Gasteiger charge is 2.26. The fourth-order valence-corrected chi connectivity index (χ4v) is 3.11. The van der Waals surface area contributed by atoms with E-state index >= 15 is 0 Å². The second-order valence-electron chi connectivity index (χ2n) is 7.00. The van der Waals surface area contributed by atoms with Crippen molar-refractivity contribution in [2.24, 2.45) is 0 Å². The number of carboxylic acid groups (broad SMARTS) is 1. The highest BCUT2D eigenvalue weighted by molar-refractivity contribution is 6.17. The largest absolute Gasteiger partial charge is 0.478 e. The number of aromatic nitrogens is 2. The van der Waals surface area contributed by atoms with E-state index < -0.39 is 5.97 Å². The van der Waals surface area contributed by atoms with E-state index in [9.17, 15) is 9.90 Å². The molecule has 0 aliphatic carbocycles. The van der Waals surface area contributed by atoms with Crippen LogP contribution in [0.5, 0.6) is 0 Å². The summed E-state index contributed by atoms with van der Waals surface area (Å²) in [7, 11) is 0. The molecule has 1 aliphatic heterocycles. The number of benzene rings is 1. The zero-order chi connectivity index (χ0) is 16.8. The van der Waals surface area contributed by atoms with Crippen molar-refractivity contribution in [2.45, 2.75) is 51.1 Å². The van der Waals surface area contributed by atoms with Crippen molar-refractivity contribution in [3.8, 4) is 0 Å². The monoisotopic (exact) mass is 336 g/mol. The van der Waals surface area contributed by atoms with Crippen molar-refractivity contribution in [3.63, 3.8) is 0 Å². The molecule has 1 aromatic carbocycles. The van der Waals surface area contributed by atoms with Gasteiger partial charge in [0.1, 0.15) is 5.82 Å². The minimum atomic E-state index is -0.933. The molecule has 124 valence electrons. The number of alkyl halides is 1. The van der Waals surface area contributed by atoms with Crippen molar-refractivity contribution >= 4 is 28.6 Å². The number of aromatic carboxylic acids is 1. The van der Waals surface area contributed by atoms with Gasteiger partial charge in [0.05, 0.1) is 35.1 Å². The number of fused-ring (bicyclic) bond motifs is 1. The van der Waals surface area contributed by atoms with Gasteiger partial charge in [-0.15, -0.1) is 11.6 Å². The zero-order valence-corrected chi connectivity index (χ0v) is 14.4. The maximum atomic E-state index is 11.5. The number of nitrogens with zero attached hydrogens (tertiary/aromatic N) is 2. The van der Waals surface area contributed by atoms with E-state index in [-0.39, 0.29) is 23.0 Å². The second-order valence-corrected chi connectivity index (χ2v) is 7.27. The summed E-state index contributed by atoms with van der Waals surface area (Å²) >= 11 is 6.08. The average molecular weight is 337 g/mol. The normalized spacial score (nSPS) is 18.2. The molecule has 0 bridgehead atoms. The molecule has 0 saturated carbocycles. The van der Waals surface area contributed by atoms with E-state index in [1.54, 1.807) is 12.1 Å². The molecule has 6 heteroatoms. The Labute approximate surface area is 140 Å². The number of carbonyl (C=O) groups is 1. The fraction of sp³-hybridized carbons (Fsp3) is 0.529. The molecule has 1 aliphatic rings. The minimum Gasteiger partial charge on any atom is -0.478 e. The molecule has 5 nitrogen and oxygen atoms in total. The van der Waals surface area contributed by atoms with E-state index in [0.29, 0.717) is 6.54 Å². The van der Waals surface area contributed by atoms with E-state index in [4.69, 9.17) is 21.3 Å². The summed E-state index contributed by atoms with van der Waals surface area (Å²) in [4.78, 5) is 16.2. The summed E-state index contributed by atoms with van der Waals surface area (Å²) in [6.07, 6.45) is 1.16. The summed E-state index contributed by atoms with van der Waals surface area (Å²) < 4.78 is 7.53. The summed E-state index contributed by atoms with van der Waals surface area (Å²) in [6.45, 7) is 7.61. The van der Waals surface area contributed by atoms with Crippen LogP contribution in [0.1, 0.15) is 48.9 Å². The fourth-order valence-electron chi connectivity index (χ4n) is 2.90. The third-order valence-electron chi connectivity index (χ3n) is 4.29. The maximum Gasteiger partial charge on any atom is 0.335 e. The van der Waals surface area contributed by atoms with E-state index in [1.165, 1.54) is 0 Å². The Bertz CT molecular complexity index is 757. The topological polar surface area (TPSA) is 64.3 Å². The molecule has 1 atom stereocenters. The van der Waals surface area contributed by atoms with Crippen LogP contribution < -0.4 is 0 Å². The summed E-state index contributed by atoms with van der Waals surface area (Å²) in [5.41, 5.74) is 2.64. The standard InChI is InChI=1S/C17H21ClN2O3/c1-17(2,3)12-6-10(16(21)22)7-13-15(12)19-14(8-18)20(13)9-11-4-5-23-11/h6-7,11H,4-5,8-9H2,1-3H3,(H,21,22). The zero-order valence-electron chi connectivity index (χ0n) is 13.6. The number of carboxylic acids is 1. The first-order valence-electron chi connectivity index (χ1n) is 7.75. The van der Waals surface area contributed by atoms with Gasteiger partial charge in [0.2, 0.25) is 0 Å². The van der Waals surface area contributed by atoms with Crippen molar-refractivity contribution in [2.75, 3.05) is 6.61 Å². The van der Waals surface area contributed by atoms with Gasteiger partial charge in [0, 0.05) is 6.61 Å². The van der Waals surface area contributed by atoms with E-state index in [0.717, 1.165) is 35.4 Å². The molecule has 0 spiro atoms. The molecule has 1 N–H and O–H groups in total. The maximum absolute atomic E-state index is 11.5. The Morgan fingerprint density at radius 3 is 2.65 bits per heavy atom. The number of ether oxygens (including phenoxy) is 1. The van der Waals surface area contributed by atoms with Crippen LogP contribution in [0.3, 0.4) is 0 Å². The van der Waals surface area contributed by atoms with Crippen molar-refractivity contribution in [1.29, 1.82) is 0 Å². The molecule has 1 aromatic heterocycles. The van der Waals surface area contributed by atoms with E-state index in [2.05, 4.69) is 20.8 Å². The van der Waals surface area contributed by atoms with Crippen LogP contribution in [0.2, 0.25) is 0 Å². The van der Waals surface area contributed by atoms with Gasteiger partial charge in [0.15, 0.2) is 0 Å². The summed E-state index contributed by atoms with van der Waals surface area (Å²) in [5.74, 6) is 0.107. The third-order valence-corrected chi connectivity index (χ3v) is 4.53. The molecule has 2 heterocycles. The van der Waals surface area contributed by atoms with Gasteiger partial charge in [-0.05, 0) is 29.5 Å². The number of hydrogen-bond acceptors (Lipinski definition) is 3. The lowest BCUT2D eigenvalue weighted by Crippen LogP contribution is -2.31. The number of hydrogen-bond donors (Lipinski definition) is 1. The van der Waals surface area contributed by atoms with Crippen molar-refractivity contribution < 1.29 is 14.6 Å². The Kier molecular flexibility index (Phi) is 4.10. The Morgan fingerprint density at radius 1 is 1.48 bits per heavy atom. The first-order valence-corrected chi connectivity index (χ1v) is 8.29. The van der Waals surface area contributed by atoms with Crippen LogP contribution in [0.4, 0.5) is 0 Å². The predicted octanol–water partition coefficient (Wildman–Crippen LogP) is 3.56. The van der Waals surface area contributed by atoms with Gasteiger partial charge < -0.3 is 14.4 Å². The van der Waals surface area contributed by atoms with Crippen LogP contribution in [-0.4, -0.2) is 33.3 Å². The van der Waals surface area contributed by atoms with Crippen molar-refractivity contribution in [3.05, 3.63) is 29.1 Å². The molecular weight excluding hydrogens is 316 g/mol. The molecule has 0 radical (unpaired) electrons. The van der Waals surface area contributed by atoms with Crippen LogP contribution >= 0.6 is 11.6 Å². The smallest absolute Gasteiger partial charge is 0.335 e.